The van der Waals surface area contributed by atoms with Crippen molar-refractivity contribution < 1.29 is 9.59 Å². The van der Waals surface area contributed by atoms with Crippen molar-refractivity contribution in [2.24, 2.45) is 11.7 Å². The molecule has 0 saturated carbocycles. The van der Waals surface area contributed by atoms with Crippen LogP contribution in [0.3, 0.4) is 0 Å². The smallest absolute Gasteiger partial charge is 0.256 e. The molecule has 1 saturated heterocycles. The average Bonchev–Trinajstić information content (AvgIpc) is 3.15. The number of anilines is 1. The lowest BCUT2D eigenvalue weighted by Gasteiger charge is -2.33. The topological polar surface area (TPSA) is 75.4 Å². The number of likely N-dealkylation sites (tertiary alicyclic amines) is 1. The molecule has 2 heterocycles. The summed E-state index contributed by atoms with van der Waals surface area (Å²) in [5, 5.41) is 5.36. The molecule has 0 aliphatic carbocycles. The van der Waals surface area contributed by atoms with Gasteiger partial charge in [0.1, 0.15) is 5.00 Å². The van der Waals surface area contributed by atoms with Gasteiger partial charge in [0, 0.05) is 24.7 Å². The van der Waals surface area contributed by atoms with Crippen molar-refractivity contribution in [2.45, 2.75) is 39.2 Å². The van der Waals surface area contributed by atoms with Gasteiger partial charge in [-0.05, 0) is 61.2 Å². The summed E-state index contributed by atoms with van der Waals surface area (Å²) >= 11 is 1.38. The maximum Gasteiger partial charge on any atom is 0.256 e. The Hall–Kier alpha value is -1.89. The lowest BCUT2D eigenvalue weighted by Crippen LogP contribution is -2.42. The Kier molecular flexibility index (Phi) is 8.04. The second-order valence-corrected chi connectivity index (χ2v) is 8.07. The Balaban J connectivity index is 0.00000280. The van der Waals surface area contributed by atoms with E-state index in [1.54, 1.807) is 6.07 Å². The van der Waals surface area contributed by atoms with Crippen LogP contribution in [-0.4, -0.2) is 35.8 Å². The zero-order chi connectivity index (χ0) is 19.4. The molecule has 2 aromatic rings. The first-order valence-corrected chi connectivity index (χ1v) is 10.4. The zero-order valence-electron chi connectivity index (χ0n) is 16.3. The van der Waals surface area contributed by atoms with Gasteiger partial charge in [-0.25, -0.2) is 0 Å². The quantitative estimate of drug-likeness (QED) is 0.760. The molecule has 1 aromatic carbocycles. The number of aryl methyl sites for hydroxylation is 1. The van der Waals surface area contributed by atoms with Crippen LogP contribution in [0.4, 0.5) is 5.00 Å². The van der Waals surface area contributed by atoms with Gasteiger partial charge < -0.3 is 16.0 Å². The first-order valence-electron chi connectivity index (χ1n) is 9.52. The summed E-state index contributed by atoms with van der Waals surface area (Å²) in [6.45, 7) is 5.54. The van der Waals surface area contributed by atoms with Crippen molar-refractivity contribution in [1.29, 1.82) is 0 Å². The van der Waals surface area contributed by atoms with E-state index in [0.29, 0.717) is 35.1 Å². The highest BCUT2D eigenvalue weighted by molar-refractivity contribution is 7.14. The maximum absolute atomic E-state index is 12.9. The second kappa shape index (κ2) is 10.0. The Bertz CT molecular complexity index is 796. The number of benzene rings is 1. The van der Waals surface area contributed by atoms with Gasteiger partial charge in [0.05, 0.1) is 5.56 Å². The number of carbonyl (C=O) groups excluding carboxylic acids is 2. The van der Waals surface area contributed by atoms with Gasteiger partial charge in [-0.1, -0.05) is 19.1 Å². The van der Waals surface area contributed by atoms with Gasteiger partial charge in [-0.2, -0.15) is 0 Å². The monoisotopic (exact) mass is 421 g/mol. The fourth-order valence-corrected chi connectivity index (χ4v) is 4.21. The maximum atomic E-state index is 12.9. The summed E-state index contributed by atoms with van der Waals surface area (Å²) in [6, 6.07) is 9.51. The van der Waals surface area contributed by atoms with Crippen LogP contribution in [0.15, 0.2) is 35.7 Å². The molecule has 3 rings (SSSR count). The van der Waals surface area contributed by atoms with Crippen molar-refractivity contribution in [2.75, 3.05) is 18.4 Å². The van der Waals surface area contributed by atoms with E-state index in [-0.39, 0.29) is 30.3 Å². The fraction of sp³-hybridized carbons (Fsp3) is 0.429. The van der Waals surface area contributed by atoms with Crippen LogP contribution in [0, 0.1) is 5.92 Å². The molecule has 1 fully saturated rings. The number of rotatable bonds is 5. The van der Waals surface area contributed by atoms with Crippen LogP contribution in [0.5, 0.6) is 0 Å². The number of nitrogens with zero attached hydrogens (tertiary/aromatic N) is 1. The predicted octanol–water partition coefficient (Wildman–Crippen LogP) is 4.18. The van der Waals surface area contributed by atoms with Gasteiger partial charge in [0.15, 0.2) is 0 Å². The molecule has 0 radical (unpaired) electrons. The number of nitrogens with two attached hydrogens (primary N) is 1. The number of piperidine rings is 1. The first-order chi connectivity index (χ1) is 13.0. The molecule has 152 valence electrons. The molecular formula is C21H28ClN3O2S. The Morgan fingerprint density at radius 2 is 1.86 bits per heavy atom. The SMILES string of the molecule is CCc1ccc(C(=O)Nc2sccc2C(=O)N2CCC(C(C)N)CC2)cc1.Cl. The molecule has 1 atom stereocenters. The lowest BCUT2D eigenvalue weighted by molar-refractivity contribution is 0.0682. The third kappa shape index (κ3) is 5.13. The Morgan fingerprint density at radius 1 is 1.21 bits per heavy atom. The normalized spacial score (nSPS) is 15.6. The van der Waals surface area contributed by atoms with Crippen LogP contribution in [0.25, 0.3) is 0 Å². The standard InChI is InChI=1S/C21H27N3O2S.ClH/c1-3-15-4-6-17(7-5-15)19(25)23-20-18(10-13-27-20)21(26)24-11-8-16(9-12-24)14(2)22;/h4-7,10,13-14,16H,3,8-9,11-12,22H2,1-2H3,(H,23,25);1H. The minimum absolute atomic E-state index is 0. The molecule has 1 unspecified atom stereocenters. The molecule has 7 heteroatoms. The summed E-state index contributed by atoms with van der Waals surface area (Å²) in [5.41, 5.74) is 8.34. The summed E-state index contributed by atoms with van der Waals surface area (Å²) in [6.07, 6.45) is 2.79. The predicted molar refractivity (Wildman–Crippen MR) is 118 cm³/mol. The fourth-order valence-electron chi connectivity index (χ4n) is 3.44. The zero-order valence-corrected chi connectivity index (χ0v) is 17.9. The molecule has 5 nitrogen and oxygen atoms in total. The molecule has 1 aromatic heterocycles. The highest BCUT2D eigenvalue weighted by Crippen LogP contribution is 2.28. The van der Waals surface area contributed by atoms with Crippen molar-refractivity contribution >= 4 is 40.6 Å². The van der Waals surface area contributed by atoms with E-state index in [9.17, 15) is 9.59 Å². The molecule has 0 spiro atoms. The number of hydrogen-bond donors (Lipinski definition) is 2. The molecule has 0 bridgehead atoms. The minimum Gasteiger partial charge on any atom is -0.339 e. The minimum atomic E-state index is -0.190. The largest absolute Gasteiger partial charge is 0.339 e. The molecule has 1 aliphatic heterocycles. The number of halogens is 1. The third-order valence-corrected chi connectivity index (χ3v) is 6.15. The number of amides is 2. The first kappa shape index (κ1) is 22.4. The number of hydrogen-bond acceptors (Lipinski definition) is 4. The van der Waals surface area contributed by atoms with E-state index in [1.165, 1.54) is 16.9 Å². The molecular weight excluding hydrogens is 394 g/mol. The molecule has 2 amide bonds. The highest BCUT2D eigenvalue weighted by atomic mass is 35.5. The second-order valence-electron chi connectivity index (χ2n) is 7.16. The van der Waals surface area contributed by atoms with Gasteiger partial charge in [0.25, 0.3) is 11.8 Å². The van der Waals surface area contributed by atoms with Crippen LogP contribution < -0.4 is 11.1 Å². The molecule has 1 aliphatic rings. The van der Waals surface area contributed by atoms with Crippen LogP contribution in [-0.2, 0) is 6.42 Å². The summed E-state index contributed by atoms with van der Waals surface area (Å²) < 4.78 is 0. The molecule has 3 N–H and O–H groups in total. The Morgan fingerprint density at radius 3 is 2.43 bits per heavy atom. The third-order valence-electron chi connectivity index (χ3n) is 5.32. The summed E-state index contributed by atoms with van der Waals surface area (Å²) in [7, 11) is 0. The highest BCUT2D eigenvalue weighted by Gasteiger charge is 2.27. The van der Waals surface area contributed by atoms with Crippen molar-refractivity contribution in [3.05, 3.63) is 52.4 Å². The van der Waals surface area contributed by atoms with E-state index in [2.05, 4.69) is 12.2 Å². The van der Waals surface area contributed by atoms with E-state index in [0.717, 1.165) is 19.3 Å². The lowest BCUT2D eigenvalue weighted by atomic mass is 9.91. The average molecular weight is 422 g/mol. The van der Waals surface area contributed by atoms with Gasteiger partial charge in [-0.15, -0.1) is 23.7 Å². The van der Waals surface area contributed by atoms with Crippen molar-refractivity contribution in [1.82, 2.24) is 4.90 Å². The summed E-state index contributed by atoms with van der Waals surface area (Å²) in [4.78, 5) is 27.3. The van der Waals surface area contributed by atoms with E-state index >= 15 is 0 Å². The van der Waals surface area contributed by atoms with Gasteiger partial charge in [0.2, 0.25) is 0 Å². The number of nitrogens with one attached hydrogen (secondary N) is 1. The summed E-state index contributed by atoms with van der Waals surface area (Å²) in [5.74, 6) is 0.266. The van der Waals surface area contributed by atoms with E-state index in [1.807, 2.05) is 41.5 Å². The van der Waals surface area contributed by atoms with Crippen LogP contribution >= 0.6 is 23.7 Å². The van der Waals surface area contributed by atoms with E-state index < -0.39 is 0 Å². The van der Waals surface area contributed by atoms with E-state index in [4.69, 9.17) is 5.73 Å². The van der Waals surface area contributed by atoms with Crippen molar-refractivity contribution in [3.63, 3.8) is 0 Å². The van der Waals surface area contributed by atoms with Crippen LogP contribution in [0.1, 0.15) is 53.0 Å². The van der Waals surface area contributed by atoms with Gasteiger partial charge in [-0.3, -0.25) is 9.59 Å². The van der Waals surface area contributed by atoms with Gasteiger partial charge >= 0.3 is 0 Å². The number of thiophene rings is 1. The van der Waals surface area contributed by atoms with Crippen LogP contribution in [0.2, 0.25) is 0 Å². The number of carbonyl (C=O) groups is 2. The Labute approximate surface area is 176 Å². The molecule has 28 heavy (non-hydrogen) atoms. The van der Waals surface area contributed by atoms with Crippen molar-refractivity contribution in [3.8, 4) is 0 Å².